The maximum atomic E-state index is 13.9. The second-order valence-electron chi connectivity index (χ2n) is 6.74. The molecule has 0 radical (unpaired) electrons. The summed E-state index contributed by atoms with van der Waals surface area (Å²) < 4.78 is 19.5. The van der Waals surface area contributed by atoms with Gasteiger partial charge in [0, 0.05) is 17.1 Å². The van der Waals surface area contributed by atoms with Gasteiger partial charge in [0.05, 0.1) is 5.56 Å². The van der Waals surface area contributed by atoms with Gasteiger partial charge < -0.3 is 9.84 Å². The van der Waals surface area contributed by atoms with Crippen LogP contribution >= 0.6 is 0 Å². The summed E-state index contributed by atoms with van der Waals surface area (Å²) in [5, 5.41) is 9.33. The molecule has 1 aromatic rings. The second-order valence-corrected chi connectivity index (χ2v) is 6.74. The van der Waals surface area contributed by atoms with E-state index < -0.39 is 11.8 Å². The quantitative estimate of drug-likeness (QED) is 0.927. The molecular weight excluding hydrogens is 285 g/mol. The van der Waals surface area contributed by atoms with Crippen molar-refractivity contribution in [3.05, 3.63) is 29.1 Å². The average Bonchev–Trinajstić information content (AvgIpc) is 2.43. The van der Waals surface area contributed by atoms with Crippen LogP contribution in [0, 0.1) is 5.82 Å². The van der Waals surface area contributed by atoms with E-state index in [-0.39, 0.29) is 22.9 Å². The molecule has 0 bridgehead atoms. The number of rotatable bonds is 4. The van der Waals surface area contributed by atoms with Gasteiger partial charge in [0.15, 0.2) is 11.6 Å². The number of ether oxygens (including phenoxy) is 1. The third kappa shape index (κ3) is 3.24. The molecule has 0 saturated carbocycles. The van der Waals surface area contributed by atoms with Gasteiger partial charge in [-0.25, -0.2) is 9.18 Å². The highest BCUT2D eigenvalue weighted by Gasteiger charge is 2.34. The minimum absolute atomic E-state index is 0.0485. The SMILES string of the molecule is CCCN([C@H]1COc2c(F)ccc(C(=O)O)c2C1)C(C)(C)C. The van der Waals surface area contributed by atoms with Crippen LogP contribution in [0.3, 0.4) is 0 Å². The Kier molecular flexibility index (Phi) is 4.75. The molecule has 0 aromatic heterocycles. The summed E-state index contributed by atoms with van der Waals surface area (Å²) in [6.07, 6.45) is 1.49. The lowest BCUT2D eigenvalue weighted by Gasteiger charge is -2.43. The standard InChI is InChI=1S/C17H24FNO3/c1-5-8-19(17(2,3)4)11-9-13-12(16(20)21)6-7-14(18)15(13)22-10-11/h6-7,11H,5,8-10H2,1-4H3,(H,20,21)/t11-/m1/s1. The van der Waals surface area contributed by atoms with Gasteiger partial charge in [-0.1, -0.05) is 6.92 Å². The van der Waals surface area contributed by atoms with Crippen molar-refractivity contribution in [3.8, 4) is 5.75 Å². The first-order chi connectivity index (χ1) is 10.3. The Morgan fingerprint density at radius 2 is 2.14 bits per heavy atom. The van der Waals surface area contributed by atoms with Crippen molar-refractivity contribution in [1.82, 2.24) is 4.90 Å². The molecule has 0 fully saturated rings. The van der Waals surface area contributed by atoms with Crippen LogP contribution in [0.4, 0.5) is 4.39 Å². The van der Waals surface area contributed by atoms with Crippen LogP contribution in [0.1, 0.15) is 50.0 Å². The Balaban J connectivity index is 2.37. The largest absolute Gasteiger partial charge is 0.489 e. The number of benzene rings is 1. The van der Waals surface area contributed by atoms with E-state index in [0.717, 1.165) is 19.0 Å². The first-order valence-electron chi connectivity index (χ1n) is 7.70. The topological polar surface area (TPSA) is 49.8 Å². The molecule has 22 heavy (non-hydrogen) atoms. The Morgan fingerprint density at radius 3 is 2.68 bits per heavy atom. The fourth-order valence-electron chi connectivity index (χ4n) is 3.14. The van der Waals surface area contributed by atoms with Crippen LogP contribution in [-0.2, 0) is 6.42 Å². The lowest BCUT2D eigenvalue weighted by molar-refractivity contribution is 0.0419. The van der Waals surface area contributed by atoms with Crippen molar-refractivity contribution in [3.63, 3.8) is 0 Å². The van der Waals surface area contributed by atoms with Crippen LogP contribution in [-0.4, -0.2) is 40.7 Å². The van der Waals surface area contributed by atoms with Crippen LogP contribution in [0.25, 0.3) is 0 Å². The zero-order chi connectivity index (χ0) is 16.5. The van der Waals surface area contributed by atoms with E-state index >= 15 is 0 Å². The highest BCUT2D eigenvalue weighted by atomic mass is 19.1. The van der Waals surface area contributed by atoms with Gasteiger partial charge in [0.2, 0.25) is 0 Å². The molecule has 1 aromatic carbocycles. The predicted octanol–water partition coefficient (Wildman–Crippen LogP) is 3.34. The fourth-order valence-corrected chi connectivity index (χ4v) is 3.14. The molecule has 2 rings (SSSR count). The molecule has 1 heterocycles. The summed E-state index contributed by atoms with van der Waals surface area (Å²) >= 11 is 0. The lowest BCUT2D eigenvalue weighted by atomic mass is 9.93. The molecule has 4 nitrogen and oxygen atoms in total. The van der Waals surface area contributed by atoms with Gasteiger partial charge in [-0.2, -0.15) is 0 Å². The Hall–Kier alpha value is -1.62. The van der Waals surface area contributed by atoms with Crippen LogP contribution in [0.5, 0.6) is 5.75 Å². The number of hydrogen-bond acceptors (Lipinski definition) is 3. The molecular formula is C17H24FNO3. The molecule has 0 unspecified atom stereocenters. The van der Waals surface area contributed by atoms with Gasteiger partial charge in [0.25, 0.3) is 0 Å². The zero-order valence-electron chi connectivity index (χ0n) is 13.6. The first-order valence-corrected chi connectivity index (χ1v) is 7.70. The van der Waals surface area contributed by atoms with Gasteiger partial charge in [-0.3, -0.25) is 4.90 Å². The van der Waals surface area contributed by atoms with Gasteiger partial charge in [-0.05, 0) is 52.3 Å². The average molecular weight is 309 g/mol. The zero-order valence-corrected chi connectivity index (χ0v) is 13.6. The minimum Gasteiger partial charge on any atom is -0.489 e. The number of carboxylic acids is 1. The van der Waals surface area contributed by atoms with Crippen molar-refractivity contribution >= 4 is 5.97 Å². The Bertz CT molecular complexity index is 566. The van der Waals surface area contributed by atoms with E-state index in [1.165, 1.54) is 6.07 Å². The van der Waals surface area contributed by atoms with E-state index in [2.05, 4.69) is 32.6 Å². The second kappa shape index (κ2) is 6.24. The highest BCUT2D eigenvalue weighted by Crippen LogP contribution is 2.34. The van der Waals surface area contributed by atoms with E-state index in [1.807, 2.05) is 0 Å². The monoisotopic (exact) mass is 309 g/mol. The van der Waals surface area contributed by atoms with Gasteiger partial charge in [-0.15, -0.1) is 0 Å². The van der Waals surface area contributed by atoms with Gasteiger partial charge in [0.1, 0.15) is 6.61 Å². The van der Waals surface area contributed by atoms with E-state index in [4.69, 9.17) is 4.74 Å². The van der Waals surface area contributed by atoms with Gasteiger partial charge >= 0.3 is 5.97 Å². The molecule has 0 amide bonds. The molecule has 122 valence electrons. The summed E-state index contributed by atoms with van der Waals surface area (Å²) in [7, 11) is 0. The van der Waals surface area contributed by atoms with Crippen molar-refractivity contribution in [2.24, 2.45) is 0 Å². The van der Waals surface area contributed by atoms with E-state index in [0.29, 0.717) is 18.6 Å². The van der Waals surface area contributed by atoms with Crippen molar-refractivity contribution in [2.75, 3.05) is 13.2 Å². The molecule has 0 spiro atoms. The summed E-state index contributed by atoms with van der Waals surface area (Å²) in [5.74, 6) is -1.43. The van der Waals surface area contributed by atoms with Crippen LogP contribution in [0.15, 0.2) is 12.1 Å². The normalized spacial score (nSPS) is 18.0. The number of carboxylic acid groups (broad SMARTS) is 1. The number of carbonyl (C=O) groups is 1. The van der Waals surface area contributed by atoms with Crippen LogP contribution in [0.2, 0.25) is 0 Å². The number of aromatic carboxylic acids is 1. The van der Waals surface area contributed by atoms with Crippen molar-refractivity contribution < 1.29 is 19.0 Å². The highest BCUT2D eigenvalue weighted by molar-refractivity contribution is 5.90. The summed E-state index contributed by atoms with van der Waals surface area (Å²) in [6.45, 7) is 9.76. The molecule has 5 heteroatoms. The number of hydrogen-bond donors (Lipinski definition) is 1. The maximum absolute atomic E-state index is 13.9. The predicted molar refractivity (Wildman–Crippen MR) is 83.1 cm³/mol. The number of fused-ring (bicyclic) bond motifs is 1. The molecule has 0 aliphatic carbocycles. The summed E-state index contributed by atoms with van der Waals surface area (Å²) in [4.78, 5) is 13.7. The smallest absolute Gasteiger partial charge is 0.336 e. The Labute approximate surface area is 130 Å². The maximum Gasteiger partial charge on any atom is 0.336 e. The fraction of sp³-hybridized carbons (Fsp3) is 0.588. The molecule has 1 aliphatic rings. The van der Waals surface area contributed by atoms with Crippen LogP contribution < -0.4 is 4.74 Å². The Morgan fingerprint density at radius 1 is 1.45 bits per heavy atom. The summed E-state index contributed by atoms with van der Waals surface area (Å²) in [6, 6.07) is 2.53. The van der Waals surface area contributed by atoms with Crippen molar-refractivity contribution in [1.29, 1.82) is 0 Å². The molecule has 1 N–H and O–H groups in total. The molecule has 1 aliphatic heterocycles. The number of nitrogens with zero attached hydrogens (tertiary/aromatic N) is 1. The van der Waals surface area contributed by atoms with E-state index in [1.54, 1.807) is 0 Å². The van der Waals surface area contributed by atoms with E-state index in [9.17, 15) is 14.3 Å². The molecule has 1 atom stereocenters. The first kappa shape index (κ1) is 16.7. The third-order valence-corrected chi connectivity index (χ3v) is 4.07. The number of halogens is 1. The third-order valence-electron chi connectivity index (χ3n) is 4.07. The summed E-state index contributed by atoms with van der Waals surface area (Å²) in [5.41, 5.74) is 0.540. The molecule has 0 saturated heterocycles. The lowest BCUT2D eigenvalue weighted by Crippen LogP contribution is -2.53. The minimum atomic E-state index is -1.04. The van der Waals surface area contributed by atoms with Crippen molar-refractivity contribution in [2.45, 2.75) is 52.1 Å².